The first-order valence-electron chi connectivity index (χ1n) is 9.45. The van der Waals surface area contributed by atoms with Crippen molar-refractivity contribution in [1.82, 2.24) is 9.97 Å². The van der Waals surface area contributed by atoms with E-state index in [4.69, 9.17) is 9.72 Å². The Morgan fingerprint density at radius 2 is 2.03 bits per heavy atom. The highest BCUT2D eigenvalue weighted by Crippen LogP contribution is 2.38. The molecule has 1 aliphatic carbocycles. The number of hydrogen-bond acceptors (Lipinski definition) is 6. The number of pyridine rings is 2. The molecule has 0 fully saturated rings. The van der Waals surface area contributed by atoms with Gasteiger partial charge in [0.2, 0.25) is 0 Å². The number of hydrogen-bond donors (Lipinski definition) is 0. The maximum Gasteiger partial charge on any atom is 0.316 e. The van der Waals surface area contributed by atoms with Crippen molar-refractivity contribution in [3.8, 4) is 17.2 Å². The Kier molecular flexibility index (Phi) is 5.87. The summed E-state index contributed by atoms with van der Waals surface area (Å²) in [6.45, 7) is 0.240. The molecule has 1 aromatic carbocycles. The van der Waals surface area contributed by atoms with E-state index in [1.165, 1.54) is 11.8 Å². The smallest absolute Gasteiger partial charge is 0.316 e. The van der Waals surface area contributed by atoms with E-state index in [2.05, 4.69) is 11.1 Å². The van der Waals surface area contributed by atoms with Gasteiger partial charge in [0.05, 0.1) is 11.3 Å². The van der Waals surface area contributed by atoms with Crippen LogP contribution in [0.25, 0.3) is 11.1 Å². The highest BCUT2D eigenvalue weighted by atomic mass is 32.2. The minimum absolute atomic E-state index is 0.111. The molecule has 5 nitrogen and oxygen atoms in total. The number of ether oxygens (including phenoxy) is 1. The van der Waals surface area contributed by atoms with Gasteiger partial charge in [-0.05, 0) is 36.5 Å². The van der Waals surface area contributed by atoms with E-state index in [-0.39, 0.29) is 18.3 Å². The Bertz CT molecular complexity index is 1060. The summed E-state index contributed by atoms with van der Waals surface area (Å²) in [5, 5.41) is 10.5. The van der Waals surface area contributed by atoms with Crippen LogP contribution in [-0.4, -0.2) is 21.7 Å². The molecule has 2 heterocycles. The maximum atomic E-state index is 12.2. The molecule has 0 N–H and O–H groups in total. The van der Waals surface area contributed by atoms with Gasteiger partial charge in [-0.1, -0.05) is 48.2 Å². The SMILES string of the molecule is N#Cc1c(SCC(=O)OCc2ccccc2)nc2c(c1-c1cccnc1)CCC2. The maximum absolute atomic E-state index is 12.2. The Morgan fingerprint density at radius 3 is 2.79 bits per heavy atom. The number of benzene rings is 1. The second-order valence-electron chi connectivity index (χ2n) is 6.73. The summed E-state index contributed by atoms with van der Waals surface area (Å²) in [6.07, 6.45) is 6.31. The monoisotopic (exact) mass is 401 g/mol. The van der Waals surface area contributed by atoms with Crippen molar-refractivity contribution in [3.05, 3.63) is 77.2 Å². The molecular formula is C23H19N3O2S. The molecule has 2 aromatic heterocycles. The van der Waals surface area contributed by atoms with Gasteiger partial charge in [0.25, 0.3) is 0 Å². The Balaban J connectivity index is 1.55. The zero-order chi connectivity index (χ0) is 20.1. The van der Waals surface area contributed by atoms with Crippen LogP contribution in [0.15, 0.2) is 59.9 Å². The summed E-state index contributed by atoms with van der Waals surface area (Å²) in [5.74, 6) is -0.215. The van der Waals surface area contributed by atoms with Crippen LogP contribution in [0.4, 0.5) is 0 Å². The van der Waals surface area contributed by atoms with E-state index in [0.29, 0.717) is 10.6 Å². The van der Waals surface area contributed by atoms with E-state index in [9.17, 15) is 10.1 Å². The molecule has 29 heavy (non-hydrogen) atoms. The average molecular weight is 401 g/mol. The van der Waals surface area contributed by atoms with Crippen LogP contribution in [0, 0.1) is 11.3 Å². The number of fused-ring (bicyclic) bond motifs is 1. The second-order valence-corrected chi connectivity index (χ2v) is 7.70. The number of rotatable bonds is 6. The molecule has 0 amide bonds. The topological polar surface area (TPSA) is 75.9 Å². The van der Waals surface area contributed by atoms with Gasteiger partial charge in [0, 0.05) is 29.2 Å². The summed E-state index contributed by atoms with van der Waals surface area (Å²) in [6, 6.07) is 15.7. The third-order valence-corrected chi connectivity index (χ3v) is 5.77. The Morgan fingerprint density at radius 1 is 1.17 bits per heavy atom. The molecule has 0 saturated heterocycles. The van der Waals surface area contributed by atoms with Gasteiger partial charge in [-0.3, -0.25) is 9.78 Å². The van der Waals surface area contributed by atoms with E-state index in [0.717, 1.165) is 47.2 Å². The molecule has 1 aliphatic rings. The van der Waals surface area contributed by atoms with Crippen molar-refractivity contribution in [2.45, 2.75) is 30.9 Å². The molecule has 0 atom stereocenters. The van der Waals surface area contributed by atoms with Crippen LogP contribution >= 0.6 is 11.8 Å². The average Bonchev–Trinajstić information content (AvgIpc) is 3.24. The number of nitriles is 1. The van der Waals surface area contributed by atoms with E-state index < -0.39 is 0 Å². The quantitative estimate of drug-likeness (QED) is 0.452. The number of carbonyl (C=O) groups excluding carboxylic acids is 1. The lowest BCUT2D eigenvalue weighted by Crippen LogP contribution is -2.08. The molecule has 3 aromatic rings. The van der Waals surface area contributed by atoms with Crippen LogP contribution in [-0.2, 0) is 29.0 Å². The Labute approximate surface area is 173 Å². The molecule has 0 radical (unpaired) electrons. The molecule has 0 aliphatic heterocycles. The lowest BCUT2D eigenvalue weighted by molar-refractivity contribution is -0.141. The molecular weight excluding hydrogens is 382 g/mol. The first-order chi connectivity index (χ1) is 14.3. The minimum atomic E-state index is -0.326. The van der Waals surface area contributed by atoms with Crippen LogP contribution in [0.3, 0.4) is 0 Å². The predicted molar refractivity (Wildman–Crippen MR) is 111 cm³/mol. The van der Waals surface area contributed by atoms with Crippen molar-refractivity contribution in [1.29, 1.82) is 5.26 Å². The summed E-state index contributed by atoms with van der Waals surface area (Å²) < 4.78 is 5.35. The van der Waals surface area contributed by atoms with Gasteiger partial charge in [-0.25, -0.2) is 4.98 Å². The third kappa shape index (κ3) is 4.30. The lowest BCUT2D eigenvalue weighted by atomic mass is 9.97. The zero-order valence-electron chi connectivity index (χ0n) is 15.8. The first kappa shape index (κ1) is 19.2. The zero-order valence-corrected chi connectivity index (χ0v) is 16.6. The van der Waals surface area contributed by atoms with Crippen LogP contribution < -0.4 is 0 Å². The van der Waals surface area contributed by atoms with E-state index >= 15 is 0 Å². The summed E-state index contributed by atoms with van der Waals surface area (Å²) in [5.41, 5.74) is 5.42. The van der Waals surface area contributed by atoms with Crippen LogP contribution in [0.5, 0.6) is 0 Å². The number of esters is 1. The molecule has 0 unspecified atom stereocenters. The molecule has 0 saturated carbocycles. The number of nitrogens with zero attached hydrogens (tertiary/aromatic N) is 3. The van der Waals surface area contributed by atoms with E-state index in [1.54, 1.807) is 12.4 Å². The van der Waals surface area contributed by atoms with Crippen molar-refractivity contribution in [2.75, 3.05) is 5.75 Å². The number of carbonyl (C=O) groups is 1. The lowest BCUT2D eigenvalue weighted by Gasteiger charge is -2.14. The third-order valence-electron chi connectivity index (χ3n) is 4.82. The molecule has 0 bridgehead atoms. The Hall–Kier alpha value is -3.17. The summed E-state index contributed by atoms with van der Waals surface area (Å²) >= 11 is 1.26. The highest BCUT2D eigenvalue weighted by Gasteiger charge is 2.24. The van der Waals surface area contributed by atoms with Crippen molar-refractivity contribution in [2.24, 2.45) is 0 Å². The van der Waals surface area contributed by atoms with Crippen LogP contribution in [0.2, 0.25) is 0 Å². The summed E-state index contributed by atoms with van der Waals surface area (Å²) in [4.78, 5) is 21.1. The largest absolute Gasteiger partial charge is 0.460 e. The minimum Gasteiger partial charge on any atom is -0.460 e. The van der Waals surface area contributed by atoms with Crippen molar-refractivity contribution < 1.29 is 9.53 Å². The normalized spacial score (nSPS) is 12.2. The predicted octanol–water partition coefficient (Wildman–Crippen LogP) is 4.34. The van der Waals surface area contributed by atoms with Gasteiger partial charge in [-0.15, -0.1) is 0 Å². The number of aromatic nitrogens is 2. The fourth-order valence-electron chi connectivity index (χ4n) is 3.50. The second kappa shape index (κ2) is 8.89. The first-order valence-corrected chi connectivity index (χ1v) is 10.4. The molecule has 6 heteroatoms. The highest BCUT2D eigenvalue weighted by molar-refractivity contribution is 7.99. The van der Waals surface area contributed by atoms with Gasteiger partial charge < -0.3 is 4.74 Å². The molecule has 0 spiro atoms. The van der Waals surface area contributed by atoms with Crippen LogP contribution in [0.1, 0.15) is 28.8 Å². The number of aryl methyl sites for hydroxylation is 1. The van der Waals surface area contributed by atoms with Crippen molar-refractivity contribution in [3.63, 3.8) is 0 Å². The summed E-state index contributed by atoms with van der Waals surface area (Å²) in [7, 11) is 0. The molecule has 144 valence electrons. The number of thioether (sulfide) groups is 1. The standard InChI is InChI=1S/C23H19N3O2S/c24-12-19-22(17-8-5-11-25-13-17)18-9-4-10-20(18)26-23(19)29-15-21(27)28-14-16-6-2-1-3-7-16/h1-3,5-8,11,13H,4,9-10,14-15H2. The fourth-order valence-corrected chi connectivity index (χ4v) is 4.31. The van der Waals surface area contributed by atoms with Gasteiger partial charge in [0.15, 0.2) is 0 Å². The van der Waals surface area contributed by atoms with Crippen molar-refractivity contribution >= 4 is 17.7 Å². The van der Waals surface area contributed by atoms with E-state index in [1.807, 2.05) is 42.5 Å². The fraction of sp³-hybridized carbons (Fsp3) is 0.217. The van der Waals surface area contributed by atoms with Gasteiger partial charge >= 0.3 is 5.97 Å². The van der Waals surface area contributed by atoms with Gasteiger partial charge in [0.1, 0.15) is 17.7 Å². The van der Waals surface area contributed by atoms with Gasteiger partial charge in [-0.2, -0.15) is 5.26 Å². The molecule has 4 rings (SSSR count).